The van der Waals surface area contributed by atoms with Crippen molar-refractivity contribution in [1.29, 1.82) is 0 Å². The Balaban J connectivity index is 1.80. The lowest BCUT2D eigenvalue weighted by atomic mass is 9.30. The van der Waals surface area contributed by atoms with E-state index in [1.165, 1.54) is 6.92 Å². The number of Topliss-reactive ketones (excluding diaryl/α,β-unsaturated/α-hetero) is 2. The first-order valence-corrected chi connectivity index (χ1v) is 10.8. The summed E-state index contributed by atoms with van der Waals surface area (Å²) < 4.78 is 6.01. The summed E-state index contributed by atoms with van der Waals surface area (Å²) >= 11 is 0. The predicted octanol–water partition coefficient (Wildman–Crippen LogP) is 2.50. The van der Waals surface area contributed by atoms with Crippen molar-refractivity contribution < 1.29 is 24.5 Å². The quantitative estimate of drug-likeness (QED) is 0.675. The van der Waals surface area contributed by atoms with Gasteiger partial charge >= 0.3 is 0 Å². The van der Waals surface area contributed by atoms with Crippen LogP contribution in [0.1, 0.15) is 53.4 Å². The summed E-state index contributed by atoms with van der Waals surface area (Å²) in [6, 6.07) is 0. The predicted molar refractivity (Wildman–Crippen MR) is 102 cm³/mol. The second-order valence-electron chi connectivity index (χ2n) is 10.9. The van der Waals surface area contributed by atoms with Crippen molar-refractivity contribution in [2.24, 2.45) is 45.8 Å². The van der Waals surface area contributed by atoms with Crippen LogP contribution in [0, 0.1) is 45.8 Å². The average molecular weight is 389 g/mol. The first-order valence-electron chi connectivity index (χ1n) is 10.8. The molecular formula is C23H32O5. The largest absolute Gasteiger partial charge is 0.387 e. The molecule has 2 bridgehead atoms. The summed E-state index contributed by atoms with van der Waals surface area (Å²) in [6.07, 6.45) is 1.47. The van der Waals surface area contributed by atoms with Gasteiger partial charge in [0.25, 0.3) is 0 Å². The van der Waals surface area contributed by atoms with Crippen LogP contribution in [-0.4, -0.2) is 40.3 Å². The smallest absolute Gasteiger partial charge is 0.205 e. The number of rotatable bonds is 1. The zero-order chi connectivity index (χ0) is 20.4. The van der Waals surface area contributed by atoms with Crippen LogP contribution in [0.4, 0.5) is 0 Å². The van der Waals surface area contributed by atoms with Gasteiger partial charge in [0.05, 0.1) is 17.4 Å². The Morgan fingerprint density at radius 1 is 1.29 bits per heavy atom. The second-order valence-corrected chi connectivity index (χ2v) is 10.9. The van der Waals surface area contributed by atoms with E-state index in [0.717, 1.165) is 12.0 Å². The van der Waals surface area contributed by atoms with Crippen LogP contribution in [0.25, 0.3) is 0 Å². The van der Waals surface area contributed by atoms with Gasteiger partial charge in [-0.1, -0.05) is 32.9 Å². The molecule has 4 saturated carbocycles. The van der Waals surface area contributed by atoms with Crippen LogP contribution in [0.15, 0.2) is 12.2 Å². The van der Waals surface area contributed by atoms with E-state index in [4.69, 9.17) is 4.74 Å². The minimum Gasteiger partial charge on any atom is -0.387 e. The van der Waals surface area contributed by atoms with E-state index in [-0.39, 0.29) is 47.3 Å². The number of ether oxygens (including phenoxy) is 1. The van der Waals surface area contributed by atoms with E-state index in [9.17, 15) is 19.8 Å². The molecule has 0 radical (unpaired) electrons. The molecule has 154 valence electrons. The number of allylic oxidation sites excluding steroid dienone is 1. The Labute approximate surface area is 166 Å². The maximum absolute atomic E-state index is 13.5. The third kappa shape index (κ3) is 1.62. The molecule has 6 rings (SSSR count). The number of carbonyl (C=O) groups excluding carboxylic acids is 2. The minimum atomic E-state index is -1.94. The van der Waals surface area contributed by atoms with Crippen molar-refractivity contribution in [2.75, 3.05) is 6.61 Å². The van der Waals surface area contributed by atoms with Gasteiger partial charge in [-0.25, -0.2) is 0 Å². The van der Waals surface area contributed by atoms with E-state index in [2.05, 4.69) is 27.4 Å². The molecule has 0 aromatic carbocycles. The fraction of sp³-hybridized carbons (Fsp3) is 0.826. The van der Waals surface area contributed by atoms with E-state index in [1.54, 1.807) is 0 Å². The molecule has 0 aromatic rings. The fourth-order valence-corrected chi connectivity index (χ4v) is 8.79. The molecule has 2 saturated heterocycles. The monoisotopic (exact) mass is 388 g/mol. The van der Waals surface area contributed by atoms with E-state index in [0.29, 0.717) is 19.3 Å². The van der Waals surface area contributed by atoms with Crippen molar-refractivity contribution in [3.63, 3.8) is 0 Å². The number of hydrogen-bond acceptors (Lipinski definition) is 5. The van der Waals surface area contributed by atoms with E-state index in [1.807, 2.05) is 0 Å². The van der Waals surface area contributed by atoms with Gasteiger partial charge < -0.3 is 14.9 Å². The first-order chi connectivity index (χ1) is 13.0. The Morgan fingerprint density at radius 3 is 2.61 bits per heavy atom. The molecule has 2 heterocycles. The van der Waals surface area contributed by atoms with Crippen LogP contribution in [-0.2, 0) is 14.3 Å². The zero-order valence-corrected chi connectivity index (χ0v) is 17.3. The van der Waals surface area contributed by atoms with Crippen molar-refractivity contribution in [2.45, 2.75) is 65.3 Å². The Morgan fingerprint density at radius 2 is 1.96 bits per heavy atom. The Kier molecular flexibility index (Phi) is 3.50. The van der Waals surface area contributed by atoms with Crippen LogP contribution >= 0.6 is 0 Å². The van der Waals surface area contributed by atoms with Gasteiger partial charge in [-0.3, -0.25) is 9.59 Å². The van der Waals surface area contributed by atoms with E-state index < -0.39 is 28.6 Å². The summed E-state index contributed by atoms with van der Waals surface area (Å²) in [5.74, 6) is -2.58. The number of aliphatic hydroxyl groups is 2. The zero-order valence-electron chi connectivity index (χ0n) is 17.3. The maximum Gasteiger partial charge on any atom is 0.205 e. The number of carbonyl (C=O) groups is 2. The van der Waals surface area contributed by atoms with Crippen molar-refractivity contribution >= 4 is 11.6 Å². The van der Waals surface area contributed by atoms with Gasteiger partial charge in [-0.2, -0.15) is 0 Å². The third-order valence-electron chi connectivity index (χ3n) is 9.83. The van der Waals surface area contributed by atoms with Gasteiger partial charge in [0.1, 0.15) is 17.7 Å². The molecule has 1 spiro atoms. The summed E-state index contributed by atoms with van der Waals surface area (Å²) in [6.45, 7) is 12.0. The lowest BCUT2D eigenvalue weighted by Gasteiger charge is -2.77. The number of ketones is 2. The first kappa shape index (κ1) is 19.0. The summed E-state index contributed by atoms with van der Waals surface area (Å²) in [4.78, 5) is 26.9. The molecular weight excluding hydrogens is 356 g/mol. The highest BCUT2D eigenvalue weighted by Crippen LogP contribution is 2.77. The van der Waals surface area contributed by atoms with Crippen LogP contribution in [0.2, 0.25) is 0 Å². The molecule has 9 unspecified atom stereocenters. The summed E-state index contributed by atoms with van der Waals surface area (Å²) in [5, 5.41) is 23.5. The Bertz CT molecular complexity index is 801. The average Bonchev–Trinajstić information content (AvgIpc) is 2.64. The molecule has 4 aliphatic carbocycles. The minimum absolute atomic E-state index is 0.0671. The lowest BCUT2D eigenvalue weighted by molar-refractivity contribution is -0.443. The highest BCUT2D eigenvalue weighted by atomic mass is 16.6. The van der Waals surface area contributed by atoms with Crippen LogP contribution in [0.3, 0.4) is 0 Å². The highest BCUT2D eigenvalue weighted by Gasteiger charge is 2.85. The number of aliphatic hydroxyl groups excluding tert-OH is 1. The molecule has 9 atom stereocenters. The molecule has 5 heteroatoms. The van der Waals surface area contributed by atoms with Gasteiger partial charge in [-0.05, 0) is 55.3 Å². The second kappa shape index (κ2) is 5.16. The SMILES string of the molecule is C=C1C(C)C2C1CCC1C34COC(O)(C(O)C3C(C)(C)CCC4=O)C21C(C)=O. The number of fused-ring (bicyclic) bond motifs is 2. The number of hydrogen-bond donors (Lipinski definition) is 2. The molecule has 6 fully saturated rings. The molecule has 2 aliphatic heterocycles. The molecule has 5 nitrogen and oxygen atoms in total. The van der Waals surface area contributed by atoms with Gasteiger partial charge in [-0.15, -0.1) is 0 Å². The maximum atomic E-state index is 13.5. The Hall–Kier alpha value is -1.04. The summed E-state index contributed by atoms with van der Waals surface area (Å²) in [5.41, 5.74) is -1.32. The lowest BCUT2D eigenvalue weighted by Crippen LogP contribution is -2.86. The summed E-state index contributed by atoms with van der Waals surface area (Å²) in [7, 11) is 0. The normalized spacial score (nSPS) is 56.4. The van der Waals surface area contributed by atoms with Crippen molar-refractivity contribution in [1.82, 2.24) is 0 Å². The van der Waals surface area contributed by atoms with Gasteiger partial charge in [0.15, 0.2) is 0 Å². The molecule has 6 aliphatic rings. The molecule has 0 aromatic heterocycles. The standard InChI is InChI=1S/C23H32O5/c1-11-12(2)17-14(11)6-7-15-21-10-28-23(27,22(15,17)13(3)24)19(26)18(21)20(4,5)9-8-16(21)25/h12,14-15,17-19,26-27H,1,6-10H2,2-5H3. The topological polar surface area (TPSA) is 83.8 Å². The van der Waals surface area contributed by atoms with Crippen LogP contribution < -0.4 is 0 Å². The molecule has 0 amide bonds. The van der Waals surface area contributed by atoms with Gasteiger partial charge in [0.2, 0.25) is 5.79 Å². The third-order valence-corrected chi connectivity index (χ3v) is 9.83. The highest BCUT2D eigenvalue weighted by molar-refractivity contribution is 5.92. The van der Waals surface area contributed by atoms with Crippen molar-refractivity contribution in [3.05, 3.63) is 12.2 Å². The van der Waals surface area contributed by atoms with E-state index >= 15 is 0 Å². The fourth-order valence-electron chi connectivity index (χ4n) is 8.79. The van der Waals surface area contributed by atoms with Crippen molar-refractivity contribution in [3.8, 4) is 0 Å². The molecule has 2 N–H and O–H groups in total. The molecule has 28 heavy (non-hydrogen) atoms. The van der Waals surface area contributed by atoms with Gasteiger partial charge in [0, 0.05) is 12.3 Å². The van der Waals surface area contributed by atoms with Crippen LogP contribution in [0.5, 0.6) is 0 Å².